The predicted molar refractivity (Wildman–Crippen MR) is 105 cm³/mol. The number of nitrogens with zero attached hydrogens (tertiary/aromatic N) is 1. The molecule has 0 bridgehead atoms. The Morgan fingerprint density at radius 3 is 2.59 bits per heavy atom. The number of rotatable bonds is 8. The molecule has 1 amide bonds. The maximum atomic E-state index is 12.8. The van der Waals surface area contributed by atoms with E-state index in [2.05, 4.69) is 0 Å². The van der Waals surface area contributed by atoms with E-state index in [1.807, 2.05) is 73.7 Å². The van der Waals surface area contributed by atoms with Crippen LogP contribution < -0.4 is 0 Å². The fourth-order valence-electron chi connectivity index (χ4n) is 3.09. The topological polar surface area (TPSA) is 53.7 Å². The molecule has 0 radical (unpaired) electrons. The first-order valence-electron chi connectivity index (χ1n) is 9.20. The zero-order valence-electron chi connectivity index (χ0n) is 15.5. The summed E-state index contributed by atoms with van der Waals surface area (Å²) in [5.74, 6) is 0.796. The van der Waals surface area contributed by atoms with Crippen molar-refractivity contribution < 1.29 is 14.3 Å². The summed E-state index contributed by atoms with van der Waals surface area (Å²) in [6, 6.07) is 21.3. The standard InChI is InChI=1S/C23H25NO3/c1-18-7-5-10-20(15-18)22(25)17-24(16-19-8-3-2-4-9-19)23(26)13-12-21-11-6-14-27-21/h2-11,14-15,22,25H,12-13,16-17H2,1H3/t22-/m1/s1. The summed E-state index contributed by atoms with van der Waals surface area (Å²) in [4.78, 5) is 14.6. The van der Waals surface area contributed by atoms with Gasteiger partial charge in [0.05, 0.1) is 18.9 Å². The normalized spacial score (nSPS) is 11.9. The Hall–Kier alpha value is -2.85. The molecule has 140 valence electrons. The lowest BCUT2D eigenvalue weighted by atomic mass is 10.1. The summed E-state index contributed by atoms with van der Waals surface area (Å²) >= 11 is 0. The van der Waals surface area contributed by atoms with E-state index in [0.29, 0.717) is 19.4 Å². The van der Waals surface area contributed by atoms with Gasteiger partial charge in [0.1, 0.15) is 5.76 Å². The minimum atomic E-state index is -0.721. The van der Waals surface area contributed by atoms with Crippen molar-refractivity contribution in [2.45, 2.75) is 32.4 Å². The van der Waals surface area contributed by atoms with Gasteiger partial charge < -0.3 is 14.4 Å². The van der Waals surface area contributed by atoms with Gasteiger partial charge in [0.15, 0.2) is 0 Å². The third-order valence-corrected chi connectivity index (χ3v) is 4.55. The summed E-state index contributed by atoms with van der Waals surface area (Å²) in [5.41, 5.74) is 2.96. The molecular formula is C23H25NO3. The van der Waals surface area contributed by atoms with Crippen LogP contribution in [-0.4, -0.2) is 22.5 Å². The number of aliphatic hydroxyl groups is 1. The van der Waals surface area contributed by atoms with Crippen LogP contribution >= 0.6 is 0 Å². The van der Waals surface area contributed by atoms with Gasteiger partial charge in [-0.25, -0.2) is 0 Å². The summed E-state index contributed by atoms with van der Waals surface area (Å²) < 4.78 is 5.33. The van der Waals surface area contributed by atoms with E-state index in [1.54, 1.807) is 11.2 Å². The lowest BCUT2D eigenvalue weighted by Crippen LogP contribution is -2.34. The Morgan fingerprint density at radius 2 is 1.89 bits per heavy atom. The van der Waals surface area contributed by atoms with Gasteiger partial charge in [-0.05, 0) is 30.2 Å². The zero-order valence-corrected chi connectivity index (χ0v) is 15.5. The first-order valence-corrected chi connectivity index (χ1v) is 9.20. The third-order valence-electron chi connectivity index (χ3n) is 4.55. The number of carbonyl (C=O) groups excluding carboxylic acids is 1. The molecule has 1 atom stereocenters. The molecule has 0 saturated heterocycles. The average Bonchev–Trinajstić information content (AvgIpc) is 3.20. The maximum Gasteiger partial charge on any atom is 0.223 e. The molecule has 4 nitrogen and oxygen atoms in total. The van der Waals surface area contributed by atoms with Crippen molar-refractivity contribution in [1.82, 2.24) is 4.90 Å². The zero-order chi connectivity index (χ0) is 19.1. The van der Waals surface area contributed by atoms with Crippen LogP contribution in [0.15, 0.2) is 77.4 Å². The number of aryl methyl sites for hydroxylation is 2. The van der Waals surface area contributed by atoms with Crippen LogP contribution in [0.4, 0.5) is 0 Å². The number of hydrogen-bond donors (Lipinski definition) is 1. The molecule has 0 fully saturated rings. The molecule has 3 aromatic rings. The number of furan rings is 1. The van der Waals surface area contributed by atoms with Crippen LogP contribution in [0.25, 0.3) is 0 Å². The molecule has 1 N–H and O–H groups in total. The summed E-state index contributed by atoms with van der Waals surface area (Å²) in [6.45, 7) is 2.72. The largest absolute Gasteiger partial charge is 0.469 e. The summed E-state index contributed by atoms with van der Waals surface area (Å²) in [7, 11) is 0. The highest BCUT2D eigenvalue weighted by Crippen LogP contribution is 2.18. The maximum absolute atomic E-state index is 12.8. The molecule has 0 unspecified atom stereocenters. The van der Waals surface area contributed by atoms with Gasteiger partial charge in [-0.1, -0.05) is 60.2 Å². The van der Waals surface area contributed by atoms with Crippen LogP contribution in [-0.2, 0) is 17.8 Å². The van der Waals surface area contributed by atoms with Gasteiger partial charge in [-0.2, -0.15) is 0 Å². The van der Waals surface area contributed by atoms with Crippen molar-refractivity contribution >= 4 is 5.91 Å². The molecule has 2 aromatic carbocycles. The minimum Gasteiger partial charge on any atom is -0.469 e. The van der Waals surface area contributed by atoms with E-state index in [4.69, 9.17) is 4.42 Å². The summed E-state index contributed by atoms with van der Waals surface area (Å²) in [5, 5.41) is 10.7. The number of aliphatic hydroxyl groups excluding tert-OH is 1. The van der Waals surface area contributed by atoms with E-state index in [0.717, 1.165) is 22.5 Å². The predicted octanol–water partition coefficient (Wildman–Crippen LogP) is 4.28. The van der Waals surface area contributed by atoms with Gasteiger partial charge in [0.2, 0.25) is 5.91 Å². The molecule has 3 rings (SSSR count). The van der Waals surface area contributed by atoms with Gasteiger partial charge >= 0.3 is 0 Å². The fourth-order valence-corrected chi connectivity index (χ4v) is 3.09. The first-order chi connectivity index (χ1) is 13.1. The number of benzene rings is 2. The second kappa shape index (κ2) is 9.19. The smallest absolute Gasteiger partial charge is 0.223 e. The van der Waals surface area contributed by atoms with Gasteiger partial charge in [-0.3, -0.25) is 4.79 Å². The van der Waals surface area contributed by atoms with Crippen molar-refractivity contribution in [2.24, 2.45) is 0 Å². The van der Waals surface area contributed by atoms with Gasteiger partial charge in [-0.15, -0.1) is 0 Å². The number of hydrogen-bond acceptors (Lipinski definition) is 3. The van der Waals surface area contributed by atoms with Crippen LogP contribution in [0, 0.1) is 6.92 Å². The monoisotopic (exact) mass is 363 g/mol. The summed E-state index contributed by atoms with van der Waals surface area (Å²) in [6.07, 6.45) is 1.79. The van der Waals surface area contributed by atoms with E-state index >= 15 is 0 Å². The average molecular weight is 363 g/mol. The van der Waals surface area contributed by atoms with Crippen LogP contribution in [0.5, 0.6) is 0 Å². The fraction of sp³-hybridized carbons (Fsp3) is 0.261. The third kappa shape index (κ3) is 5.56. The molecular weight excluding hydrogens is 338 g/mol. The van der Waals surface area contributed by atoms with Crippen LogP contribution in [0.2, 0.25) is 0 Å². The molecule has 0 aliphatic heterocycles. The van der Waals surface area contributed by atoms with Crippen molar-refractivity contribution in [2.75, 3.05) is 6.54 Å². The Kier molecular flexibility index (Phi) is 6.44. The number of amides is 1. The number of carbonyl (C=O) groups is 1. The quantitative estimate of drug-likeness (QED) is 0.650. The molecule has 0 aliphatic carbocycles. The first kappa shape index (κ1) is 18.9. The highest BCUT2D eigenvalue weighted by Gasteiger charge is 2.19. The molecule has 0 saturated carbocycles. The van der Waals surface area contributed by atoms with Crippen molar-refractivity contribution in [3.63, 3.8) is 0 Å². The lowest BCUT2D eigenvalue weighted by Gasteiger charge is -2.26. The molecule has 4 heteroatoms. The lowest BCUT2D eigenvalue weighted by molar-refractivity contribution is -0.133. The van der Waals surface area contributed by atoms with Crippen LogP contribution in [0.3, 0.4) is 0 Å². The van der Waals surface area contributed by atoms with E-state index < -0.39 is 6.10 Å². The molecule has 0 spiro atoms. The van der Waals surface area contributed by atoms with Crippen molar-refractivity contribution in [3.05, 3.63) is 95.4 Å². The SMILES string of the molecule is Cc1cccc([C@H](O)CN(Cc2ccccc2)C(=O)CCc2ccco2)c1. The van der Waals surface area contributed by atoms with E-state index in [-0.39, 0.29) is 12.5 Å². The highest BCUT2D eigenvalue weighted by molar-refractivity contribution is 5.76. The molecule has 0 aliphatic rings. The Labute approximate surface area is 160 Å². The Bertz CT molecular complexity index is 843. The van der Waals surface area contributed by atoms with Gasteiger partial charge in [0, 0.05) is 19.4 Å². The van der Waals surface area contributed by atoms with Crippen LogP contribution in [0.1, 0.15) is 35.0 Å². The Balaban J connectivity index is 1.71. The van der Waals surface area contributed by atoms with Crippen molar-refractivity contribution in [3.8, 4) is 0 Å². The highest BCUT2D eigenvalue weighted by atomic mass is 16.3. The van der Waals surface area contributed by atoms with Gasteiger partial charge in [0.25, 0.3) is 0 Å². The second-order valence-corrected chi connectivity index (χ2v) is 6.77. The second-order valence-electron chi connectivity index (χ2n) is 6.77. The minimum absolute atomic E-state index is 0.00181. The van der Waals surface area contributed by atoms with E-state index in [1.165, 1.54) is 0 Å². The van der Waals surface area contributed by atoms with E-state index in [9.17, 15) is 9.90 Å². The molecule has 27 heavy (non-hydrogen) atoms. The molecule has 1 aromatic heterocycles. The molecule has 1 heterocycles. The Morgan fingerprint density at radius 1 is 1.07 bits per heavy atom. The van der Waals surface area contributed by atoms with Crippen molar-refractivity contribution in [1.29, 1.82) is 0 Å².